The first-order valence-electron chi connectivity index (χ1n) is 12.7. The number of carboxylic acids is 1. The monoisotopic (exact) mass is 532 g/mol. The Morgan fingerprint density at radius 2 is 1.89 bits per heavy atom. The highest BCUT2D eigenvalue weighted by Crippen LogP contribution is 2.35. The number of aromatic nitrogens is 3. The first-order valence-corrected chi connectivity index (χ1v) is 14.2. The fourth-order valence-electron chi connectivity index (χ4n) is 5.58. The zero-order chi connectivity index (χ0) is 27.2. The number of benzene rings is 3. The summed E-state index contributed by atoms with van der Waals surface area (Å²) in [5.41, 5.74) is 6.91. The van der Waals surface area contributed by atoms with E-state index in [1.165, 1.54) is 0 Å². The molecule has 0 radical (unpaired) electrons. The number of hydrogen-bond acceptors (Lipinski definition) is 5. The van der Waals surface area contributed by atoms with Gasteiger partial charge in [-0.3, -0.25) is 4.79 Å². The summed E-state index contributed by atoms with van der Waals surface area (Å²) >= 11 is 0. The van der Waals surface area contributed by atoms with Crippen LogP contribution in [0.1, 0.15) is 52.6 Å². The molecule has 4 aromatic rings. The predicted octanol–water partition coefficient (Wildman–Crippen LogP) is 4.57. The maximum absolute atomic E-state index is 13.7. The molecule has 2 heterocycles. The third-order valence-electron chi connectivity index (χ3n) is 7.63. The quantitative estimate of drug-likeness (QED) is 0.390. The molecule has 1 aliphatic rings. The van der Waals surface area contributed by atoms with Crippen LogP contribution in [0.5, 0.6) is 0 Å². The van der Waals surface area contributed by atoms with Gasteiger partial charge in [0.05, 0.1) is 16.8 Å². The summed E-state index contributed by atoms with van der Waals surface area (Å²) in [4.78, 5) is 12.3. The molecule has 1 N–H and O–H groups in total. The molecule has 0 saturated heterocycles. The Morgan fingerprint density at radius 1 is 1.13 bits per heavy atom. The molecule has 0 saturated carbocycles. The van der Waals surface area contributed by atoms with Crippen LogP contribution in [0.25, 0.3) is 11.0 Å². The van der Waals surface area contributed by atoms with Gasteiger partial charge in [-0.25, -0.2) is 13.1 Å². The smallest absolute Gasteiger partial charge is 0.304 e. The first kappa shape index (κ1) is 26.1. The molecule has 0 aliphatic carbocycles. The molecule has 3 aromatic carbocycles. The van der Waals surface area contributed by atoms with Gasteiger partial charge in [0.1, 0.15) is 5.52 Å². The summed E-state index contributed by atoms with van der Waals surface area (Å²) in [5.74, 6) is -1.16. The summed E-state index contributed by atoms with van der Waals surface area (Å²) < 4.78 is 30.6. The molecule has 2 atom stereocenters. The summed E-state index contributed by atoms with van der Waals surface area (Å²) in [6.07, 6.45) is 0.608. The highest BCUT2D eigenvalue weighted by Gasteiger charge is 2.32. The highest BCUT2D eigenvalue weighted by molar-refractivity contribution is 7.89. The minimum atomic E-state index is -3.68. The average Bonchev–Trinajstić information content (AvgIpc) is 3.21. The fraction of sp³-hybridized carbons (Fsp3) is 0.345. The van der Waals surface area contributed by atoms with Crippen LogP contribution in [0.3, 0.4) is 0 Å². The van der Waals surface area contributed by atoms with E-state index in [0.717, 1.165) is 44.4 Å². The molecule has 0 amide bonds. The van der Waals surface area contributed by atoms with Gasteiger partial charge >= 0.3 is 5.97 Å². The van der Waals surface area contributed by atoms with Gasteiger partial charge < -0.3 is 5.11 Å². The van der Waals surface area contributed by atoms with Crippen LogP contribution in [-0.2, 0) is 34.8 Å². The Balaban J connectivity index is 1.56. The highest BCUT2D eigenvalue weighted by atomic mass is 32.2. The van der Waals surface area contributed by atoms with Crippen molar-refractivity contribution in [1.29, 1.82) is 0 Å². The second kappa shape index (κ2) is 9.96. The largest absolute Gasteiger partial charge is 0.481 e. The van der Waals surface area contributed by atoms with Gasteiger partial charge in [-0.15, -0.1) is 5.10 Å². The van der Waals surface area contributed by atoms with Crippen molar-refractivity contribution in [2.24, 2.45) is 13.0 Å². The maximum atomic E-state index is 13.7. The summed E-state index contributed by atoms with van der Waals surface area (Å²) in [6.45, 7) is 6.62. The minimum Gasteiger partial charge on any atom is -0.481 e. The van der Waals surface area contributed by atoms with Crippen LogP contribution < -0.4 is 0 Å². The van der Waals surface area contributed by atoms with Crippen LogP contribution in [0.15, 0.2) is 59.5 Å². The van der Waals surface area contributed by atoms with Gasteiger partial charge in [0.25, 0.3) is 0 Å². The Labute approximate surface area is 223 Å². The third kappa shape index (κ3) is 4.72. The standard InChI is InChI=1S/C29H32N4O4S/c1-18-13-22-7-5-6-8-27(22)38(36,37)33(16-18)17-23-14-21(10-9-19(23)2)25(15-28(34)35)24-11-12-26-29(20(24)3)30-31-32(26)4/h5-12,14,18,25H,13,15-17H2,1-4H3,(H,34,35). The molecule has 8 nitrogen and oxygen atoms in total. The maximum Gasteiger partial charge on any atom is 0.304 e. The number of rotatable bonds is 6. The zero-order valence-corrected chi connectivity index (χ0v) is 22.9. The number of nitrogens with zero attached hydrogens (tertiary/aromatic N) is 4. The normalized spacial score (nSPS) is 18.2. The van der Waals surface area contributed by atoms with Crippen LogP contribution in [0.4, 0.5) is 0 Å². The lowest BCUT2D eigenvalue weighted by Crippen LogP contribution is -2.33. The molecular formula is C29H32N4O4S. The van der Waals surface area contributed by atoms with Crippen molar-refractivity contribution in [2.45, 2.75) is 51.0 Å². The number of sulfonamides is 1. The lowest BCUT2D eigenvalue weighted by Gasteiger charge is -2.25. The Kier molecular flexibility index (Phi) is 6.83. The second-order valence-corrected chi connectivity index (χ2v) is 12.3. The molecule has 2 unspecified atom stereocenters. The van der Waals surface area contributed by atoms with Crippen LogP contribution in [0, 0.1) is 19.8 Å². The molecular weight excluding hydrogens is 500 g/mol. The number of fused-ring (bicyclic) bond motifs is 2. The van der Waals surface area contributed by atoms with Crippen molar-refractivity contribution in [3.8, 4) is 0 Å². The van der Waals surface area contributed by atoms with E-state index in [-0.39, 0.29) is 18.9 Å². The van der Waals surface area contributed by atoms with Gasteiger partial charge in [0.2, 0.25) is 10.0 Å². The van der Waals surface area contributed by atoms with Crippen molar-refractivity contribution in [2.75, 3.05) is 6.54 Å². The topological polar surface area (TPSA) is 105 Å². The minimum absolute atomic E-state index is 0.0957. The molecule has 198 valence electrons. The number of carbonyl (C=O) groups is 1. The van der Waals surface area contributed by atoms with E-state index in [2.05, 4.69) is 17.2 Å². The van der Waals surface area contributed by atoms with Gasteiger partial charge in [-0.05, 0) is 71.7 Å². The molecule has 1 aliphatic heterocycles. The van der Waals surface area contributed by atoms with Crippen molar-refractivity contribution >= 4 is 27.0 Å². The Bertz CT molecular complexity index is 1640. The third-order valence-corrected chi connectivity index (χ3v) is 9.54. The van der Waals surface area contributed by atoms with Gasteiger partial charge in [0, 0.05) is 26.1 Å². The number of carboxylic acid groups (broad SMARTS) is 1. The van der Waals surface area contributed by atoms with E-state index in [1.807, 2.05) is 63.4 Å². The molecule has 1 aromatic heterocycles. The molecule has 38 heavy (non-hydrogen) atoms. The van der Waals surface area contributed by atoms with E-state index in [9.17, 15) is 18.3 Å². The van der Waals surface area contributed by atoms with Gasteiger partial charge in [-0.1, -0.05) is 54.6 Å². The van der Waals surface area contributed by atoms with Crippen LogP contribution in [-0.4, -0.2) is 45.3 Å². The number of aliphatic carboxylic acids is 1. The van der Waals surface area contributed by atoms with Crippen LogP contribution in [0.2, 0.25) is 0 Å². The van der Waals surface area contributed by atoms with E-state index < -0.39 is 21.9 Å². The zero-order valence-electron chi connectivity index (χ0n) is 22.0. The van der Waals surface area contributed by atoms with E-state index in [1.54, 1.807) is 21.1 Å². The lowest BCUT2D eigenvalue weighted by molar-refractivity contribution is -0.137. The van der Waals surface area contributed by atoms with E-state index in [4.69, 9.17) is 0 Å². The average molecular weight is 533 g/mol. The van der Waals surface area contributed by atoms with Gasteiger partial charge in [0.15, 0.2) is 0 Å². The molecule has 0 bridgehead atoms. The van der Waals surface area contributed by atoms with Crippen LogP contribution >= 0.6 is 0 Å². The fourth-order valence-corrected chi connectivity index (χ4v) is 7.35. The summed E-state index contributed by atoms with van der Waals surface area (Å²) in [7, 11) is -1.85. The Hall–Kier alpha value is -3.56. The lowest BCUT2D eigenvalue weighted by atomic mass is 9.84. The predicted molar refractivity (Wildman–Crippen MR) is 145 cm³/mol. The molecule has 0 fully saturated rings. The summed E-state index contributed by atoms with van der Waals surface area (Å²) in [6, 6.07) is 17.0. The molecule has 0 spiro atoms. The van der Waals surface area contributed by atoms with Crippen molar-refractivity contribution in [3.05, 3.63) is 88.0 Å². The molecule has 5 rings (SSSR count). The number of aryl methyl sites for hydroxylation is 3. The van der Waals surface area contributed by atoms with Crippen molar-refractivity contribution < 1.29 is 18.3 Å². The first-order chi connectivity index (χ1) is 18.1. The Morgan fingerprint density at radius 3 is 2.66 bits per heavy atom. The van der Waals surface area contributed by atoms with Crippen molar-refractivity contribution in [3.63, 3.8) is 0 Å². The summed E-state index contributed by atoms with van der Waals surface area (Å²) in [5, 5.41) is 18.2. The van der Waals surface area contributed by atoms with E-state index in [0.29, 0.717) is 17.9 Å². The van der Waals surface area contributed by atoms with Gasteiger partial charge in [-0.2, -0.15) is 4.31 Å². The molecule has 9 heteroatoms. The second-order valence-electron chi connectivity index (χ2n) is 10.4. The van der Waals surface area contributed by atoms with E-state index >= 15 is 0 Å². The van der Waals surface area contributed by atoms with Crippen molar-refractivity contribution in [1.82, 2.24) is 19.3 Å². The number of hydrogen-bond donors (Lipinski definition) is 1. The SMILES string of the molecule is Cc1ccc(C(CC(=O)O)c2ccc3c(nnn3C)c2C)cc1CN1CC(C)Cc2ccccc2S1(=O)=O.